The van der Waals surface area contributed by atoms with Crippen LogP contribution in [0.1, 0.15) is 120 Å². The molecule has 1 saturated carbocycles. The van der Waals surface area contributed by atoms with Crippen molar-refractivity contribution in [2.45, 2.75) is 109 Å². The van der Waals surface area contributed by atoms with Gasteiger partial charge in [0, 0.05) is 48.5 Å². The normalized spacial score (nSPS) is 18.4. The molecule has 60 heavy (non-hydrogen) atoms. The Morgan fingerprint density at radius 3 is 2.40 bits per heavy atom. The van der Waals surface area contributed by atoms with Gasteiger partial charge in [-0.15, -0.1) is 0 Å². The minimum Gasteiger partial charge on any atom is -0.496 e. The summed E-state index contributed by atoms with van der Waals surface area (Å²) in [5, 5.41) is 29.0. The number of aromatic nitrogens is 2. The molecule has 0 spiro atoms. The van der Waals surface area contributed by atoms with Crippen molar-refractivity contribution in [1.29, 1.82) is 0 Å². The van der Waals surface area contributed by atoms with Gasteiger partial charge in [-0.2, -0.15) is 0 Å². The van der Waals surface area contributed by atoms with Crippen LogP contribution in [0.15, 0.2) is 76.0 Å². The number of hydrogen-bond acceptors (Lipinski definition) is 10. The zero-order valence-electron chi connectivity index (χ0n) is 35.9. The number of fused-ring (bicyclic) bond motifs is 2. The quantitative estimate of drug-likeness (QED) is 0.0139. The van der Waals surface area contributed by atoms with Crippen LogP contribution in [0.2, 0.25) is 0 Å². The van der Waals surface area contributed by atoms with Crippen molar-refractivity contribution in [3.8, 4) is 11.5 Å². The van der Waals surface area contributed by atoms with Crippen LogP contribution in [0, 0.1) is 27.4 Å². The number of nitrogens with zero attached hydrogens (tertiary/aromatic N) is 6. The predicted octanol–water partition coefficient (Wildman–Crippen LogP) is 10.9. The van der Waals surface area contributed by atoms with Gasteiger partial charge < -0.3 is 20.1 Å². The van der Waals surface area contributed by atoms with E-state index in [-0.39, 0.29) is 39.8 Å². The highest BCUT2D eigenvalue weighted by atomic mass is 16.6. The number of azide groups is 1. The summed E-state index contributed by atoms with van der Waals surface area (Å²) >= 11 is 0. The maximum Gasteiger partial charge on any atom is 0.300 e. The number of anilines is 1. The molecule has 2 N–H and O–H groups in total. The number of carbonyl (C=O) groups is 1. The highest BCUT2D eigenvalue weighted by Gasteiger charge is 2.56. The molecule has 0 radical (unpaired) electrons. The van der Waals surface area contributed by atoms with Crippen molar-refractivity contribution in [3.05, 3.63) is 103 Å². The number of nitro benzene ring substituents is 1. The molecule has 3 aliphatic rings. The third kappa shape index (κ3) is 9.54. The lowest BCUT2D eigenvalue weighted by molar-refractivity contribution is -0.383. The first-order chi connectivity index (χ1) is 28.9. The van der Waals surface area contributed by atoms with Gasteiger partial charge in [0.15, 0.2) is 5.52 Å². The molecule has 3 aromatic carbocycles. The molecule has 1 aromatic heterocycles. The molecule has 4 aromatic rings. The molecule has 14 nitrogen and oxygen atoms in total. The van der Waals surface area contributed by atoms with Crippen LogP contribution in [-0.4, -0.2) is 55.0 Å². The van der Waals surface area contributed by atoms with Crippen molar-refractivity contribution >= 4 is 28.3 Å². The molecule has 2 bridgehead atoms. The average Bonchev–Trinajstić information content (AvgIpc) is 3.75. The molecule has 1 fully saturated rings. The number of carbonyl (C=O) groups excluding carboxylic acids is 1. The van der Waals surface area contributed by atoms with E-state index in [1.54, 1.807) is 20.3 Å². The largest absolute Gasteiger partial charge is 0.496 e. The third-order valence-electron chi connectivity index (χ3n) is 13.4. The molecule has 4 atom stereocenters. The van der Waals surface area contributed by atoms with E-state index in [1.165, 1.54) is 17.2 Å². The average molecular weight is 821 g/mol. The van der Waals surface area contributed by atoms with E-state index in [0.717, 1.165) is 80.4 Å². The standard InChI is InChI=1S/C46H60N8O6/c1-45(2,34(30-17-11-9-12-18-30)19-13-10-16-24-50-53-47)32-26-39(58-5)42(40(27-32)59-6)33-25-31(35-28-36(33)46(35,3)4)29-49-41(55)20-14-7-8-15-23-48-37-21-22-38(54(56)57)44-43(37)51-60-52-44/h9,11-12,17-18,21-22,25-27,33-36,48H,7-8,10,13-16,19-20,23-24,28-29H2,1-6H3,(H,49,55)/t33-,34+,35+,36-/m0/s1. The minimum absolute atomic E-state index is 0.0574. The Morgan fingerprint density at radius 2 is 1.72 bits per heavy atom. The monoisotopic (exact) mass is 820 g/mol. The van der Waals surface area contributed by atoms with Gasteiger partial charge in [-0.1, -0.05) is 100 Å². The topological polar surface area (TPSA) is 190 Å². The van der Waals surface area contributed by atoms with E-state index in [1.807, 2.05) is 0 Å². The Hall–Kier alpha value is -5.62. The van der Waals surface area contributed by atoms with Crippen LogP contribution in [0.25, 0.3) is 21.5 Å². The third-order valence-corrected chi connectivity index (χ3v) is 13.4. The zero-order chi connectivity index (χ0) is 42.9. The first-order valence-electron chi connectivity index (χ1n) is 21.3. The summed E-state index contributed by atoms with van der Waals surface area (Å²) in [6.07, 6.45) is 11.3. The number of rotatable bonds is 23. The van der Waals surface area contributed by atoms with Gasteiger partial charge >= 0.3 is 5.69 Å². The Bertz CT molecular complexity index is 2170. The number of nitrogens with one attached hydrogen (secondary N) is 2. The fraction of sp³-hybridized carbons (Fsp3) is 0.543. The van der Waals surface area contributed by atoms with Gasteiger partial charge in [0.05, 0.1) is 24.8 Å². The molecule has 0 saturated heterocycles. The molecular formula is C46H60N8O6. The molecule has 1 amide bonds. The van der Waals surface area contributed by atoms with E-state index in [9.17, 15) is 14.9 Å². The van der Waals surface area contributed by atoms with Crippen LogP contribution in [0.4, 0.5) is 11.4 Å². The molecule has 7 rings (SSSR count). The number of nitro groups is 1. The van der Waals surface area contributed by atoms with Gasteiger partial charge in [-0.25, -0.2) is 4.63 Å². The first kappa shape index (κ1) is 43.9. The molecule has 0 aliphatic heterocycles. The van der Waals surface area contributed by atoms with E-state index >= 15 is 0 Å². The van der Waals surface area contributed by atoms with Crippen LogP contribution < -0.4 is 20.1 Å². The van der Waals surface area contributed by atoms with Crippen LogP contribution in [-0.2, 0) is 10.2 Å². The maximum atomic E-state index is 13.1. The smallest absolute Gasteiger partial charge is 0.300 e. The predicted molar refractivity (Wildman–Crippen MR) is 233 cm³/mol. The number of non-ortho nitro benzene ring substituents is 1. The Kier molecular flexibility index (Phi) is 14.4. The van der Waals surface area contributed by atoms with Gasteiger partial charge in [0.2, 0.25) is 11.4 Å². The summed E-state index contributed by atoms with van der Waals surface area (Å²) in [6.45, 7) is 11.0. The summed E-state index contributed by atoms with van der Waals surface area (Å²) in [5.74, 6) is 2.86. The lowest BCUT2D eigenvalue weighted by atomic mass is 9.45. The highest BCUT2D eigenvalue weighted by molar-refractivity contribution is 5.93. The minimum atomic E-state index is -0.501. The van der Waals surface area contributed by atoms with Crippen molar-refractivity contribution in [2.75, 3.05) is 39.2 Å². The van der Waals surface area contributed by atoms with Gasteiger partial charge in [0.25, 0.3) is 0 Å². The fourth-order valence-corrected chi connectivity index (χ4v) is 9.77. The second kappa shape index (κ2) is 19.6. The number of amides is 1. The van der Waals surface area contributed by atoms with E-state index in [2.05, 4.69) is 107 Å². The summed E-state index contributed by atoms with van der Waals surface area (Å²) in [5.41, 5.74) is 14.3. The second-order valence-corrected chi connectivity index (χ2v) is 17.5. The van der Waals surface area contributed by atoms with Crippen molar-refractivity contribution in [2.24, 2.45) is 22.4 Å². The van der Waals surface area contributed by atoms with Gasteiger partial charge in [0.1, 0.15) is 11.5 Å². The highest BCUT2D eigenvalue weighted by Crippen LogP contribution is 2.65. The van der Waals surface area contributed by atoms with Crippen LogP contribution in [0.3, 0.4) is 0 Å². The number of benzene rings is 3. The van der Waals surface area contributed by atoms with E-state index < -0.39 is 4.92 Å². The van der Waals surface area contributed by atoms with Gasteiger partial charge in [-0.3, -0.25) is 14.9 Å². The molecule has 0 unspecified atom stereocenters. The molecule has 14 heteroatoms. The summed E-state index contributed by atoms with van der Waals surface area (Å²) in [6, 6.07) is 18.2. The van der Waals surface area contributed by atoms with Crippen molar-refractivity contribution < 1.29 is 23.8 Å². The van der Waals surface area contributed by atoms with Crippen molar-refractivity contribution in [1.82, 2.24) is 15.6 Å². The zero-order valence-corrected chi connectivity index (χ0v) is 35.9. The lowest BCUT2D eigenvalue weighted by Gasteiger charge is -2.59. The summed E-state index contributed by atoms with van der Waals surface area (Å²) < 4.78 is 17.2. The summed E-state index contributed by atoms with van der Waals surface area (Å²) in [4.78, 5) is 26.8. The van der Waals surface area contributed by atoms with E-state index in [4.69, 9.17) is 19.6 Å². The van der Waals surface area contributed by atoms with Crippen LogP contribution in [0.5, 0.6) is 11.5 Å². The molecular weight excluding hydrogens is 761 g/mol. The maximum absolute atomic E-state index is 13.1. The van der Waals surface area contributed by atoms with E-state index in [0.29, 0.717) is 49.1 Å². The Balaban J connectivity index is 1.08. The number of unbranched alkanes of at least 4 members (excludes halogenated alkanes) is 5. The number of hydrogen-bond donors (Lipinski definition) is 2. The first-order valence-corrected chi connectivity index (χ1v) is 21.3. The SMILES string of the molecule is COc1cc(C(C)(C)[C@H](CCCCCN=[N+]=[N-])c2ccccc2)cc(OC)c1[C@H]1C=C(CNC(=O)CCCCCCNc2ccc([N+](=O)[O-])c3nonc23)[C@H]2C[C@@H]1C2(C)C. The number of ether oxygens (including phenoxy) is 2. The Morgan fingerprint density at radius 1 is 1.02 bits per heavy atom. The Labute approximate surface area is 352 Å². The molecule has 320 valence electrons. The molecule has 1 heterocycles. The fourth-order valence-electron chi connectivity index (χ4n) is 9.77. The van der Waals surface area contributed by atoms with Crippen LogP contribution >= 0.6 is 0 Å². The summed E-state index contributed by atoms with van der Waals surface area (Å²) in [7, 11) is 3.50. The van der Waals surface area contributed by atoms with Gasteiger partial charge in [-0.05, 0) is 106 Å². The van der Waals surface area contributed by atoms with Crippen molar-refractivity contribution in [3.63, 3.8) is 0 Å². The second-order valence-electron chi connectivity index (χ2n) is 17.5. The lowest BCUT2D eigenvalue weighted by Crippen LogP contribution is -2.52. The molecule has 3 aliphatic carbocycles. The number of allylic oxidation sites excluding steroid dienone is 1. The number of methoxy groups -OCH3 is 2.